The van der Waals surface area contributed by atoms with E-state index in [-0.39, 0.29) is 30.1 Å². The van der Waals surface area contributed by atoms with Crippen LogP contribution in [-0.2, 0) is 23.1 Å². The number of nitrogens with zero attached hydrogens (tertiary/aromatic N) is 4. The van der Waals surface area contributed by atoms with Crippen molar-refractivity contribution in [3.63, 3.8) is 0 Å². The number of carbonyl (C=O) groups is 2. The van der Waals surface area contributed by atoms with E-state index in [2.05, 4.69) is 0 Å². The maximum Gasteiger partial charge on any atom is 0.269 e. The number of benzene rings is 1. The van der Waals surface area contributed by atoms with Crippen LogP contribution in [0, 0.1) is 10.1 Å². The standard InChI is InChI=1S/C21H28N4O5/c1-16(2)24(21(27)17-7-9-18(10-8-17)25(28)29)15-20(26)23(12-13-30-4)14-19-6-5-11-22(19)3/h5-11,16H,12-15H2,1-4H3. The number of nitro groups is 1. The molecular formula is C21H28N4O5. The fraction of sp³-hybridized carbons (Fsp3) is 0.429. The number of methoxy groups -OCH3 is 1. The minimum absolute atomic E-state index is 0.0907. The molecule has 0 N–H and O–H groups in total. The number of ether oxygens (including phenoxy) is 1. The molecule has 2 rings (SSSR count). The highest BCUT2D eigenvalue weighted by Gasteiger charge is 2.25. The summed E-state index contributed by atoms with van der Waals surface area (Å²) in [6, 6.07) is 9.01. The van der Waals surface area contributed by atoms with Gasteiger partial charge in [0, 0.05) is 56.3 Å². The van der Waals surface area contributed by atoms with Gasteiger partial charge in [0.15, 0.2) is 0 Å². The molecule has 2 aromatic rings. The van der Waals surface area contributed by atoms with Crippen molar-refractivity contribution in [2.24, 2.45) is 7.05 Å². The average Bonchev–Trinajstić information content (AvgIpc) is 3.12. The van der Waals surface area contributed by atoms with Crippen molar-refractivity contribution in [1.82, 2.24) is 14.4 Å². The van der Waals surface area contributed by atoms with E-state index >= 15 is 0 Å². The topological polar surface area (TPSA) is 97.9 Å². The molecule has 0 radical (unpaired) electrons. The Bertz CT molecular complexity index is 876. The summed E-state index contributed by atoms with van der Waals surface area (Å²) in [6.07, 6.45) is 1.91. The monoisotopic (exact) mass is 416 g/mol. The molecule has 162 valence electrons. The van der Waals surface area contributed by atoms with Crippen LogP contribution in [0.2, 0.25) is 0 Å². The molecule has 0 aliphatic carbocycles. The molecule has 9 heteroatoms. The molecule has 0 bridgehead atoms. The summed E-state index contributed by atoms with van der Waals surface area (Å²) in [5, 5.41) is 10.8. The van der Waals surface area contributed by atoms with Gasteiger partial charge in [-0.15, -0.1) is 0 Å². The number of nitro benzene ring substituents is 1. The third-order valence-corrected chi connectivity index (χ3v) is 4.84. The largest absolute Gasteiger partial charge is 0.383 e. The summed E-state index contributed by atoms with van der Waals surface area (Å²) < 4.78 is 7.08. The SMILES string of the molecule is COCCN(Cc1cccn1C)C(=O)CN(C(=O)c1ccc([N+](=O)[O-])cc1)C(C)C. The van der Waals surface area contributed by atoms with Crippen LogP contribution in [0.15, 0.2) is 42.6 Å². The van der Waals surface area contributed by atoms with Gasteiger partial charge in [-0.05, 0) is 38.1 Å². The van der Waals surface area contributed by atoms with Crippen LogP contribution in [0.4, 0.5) is 5.69 Å². The van der Waals surface area contributed by atoms with E-state index in [0.717, 1.165) is 5.69 Å². The van der Waals surface area contributed by atoms with E-state index in [4.69, 9.17) is 4.74 Å². The highest BCUT2D eigenvalue weighted by Crippen LogP contribution is 2.15. The molecule has 0 aliphatic heterocycles. The summed E-state index contributed by atoms with van der Waals surface area (Å²) in [4.78, 5) is 39.5. The molecule has 1 aromatic heterocycles. The van der Waals surface area contributed by atoms with Gasteiger partial charge in [0.05, 0.1) is 18.1 Å². The van der Waals surface area contributed by atoms with Gasteiger partial charge >= 0.3 is 0 Å². The van der Waals surface area contributed by atoms with Gasteiger partial charge in [0.25, 0.3) is 11.6 Å². The maximum absolute atomic E-state index is 13.1. The van der Waals surface area contributed by atoms with Crippen molar-refractivity contribution >= 4 is 17.5 Å². The van der Waals surface area contributed by atoms with Crippen LogP contribution in [0.1, 0.15) is 29.9 Å². The molecule has 0 spiro atoms. The molecule has 0 unspecified atom stereocenters. The number of rotatable bonds is 10. The third-order valence-electron chi connectivity index (χ3n) is 4.84. The van der Waals surface area contributed by atoms with E-state index in [0.29, 0.717) is 25.3 Å². The number of aromatic nitrogens is 1. The Morgan fingerprint density at radius 3 is 2.37 bits per heavy atom. The molecule has 1 heterocycles. The quantitative estimate of drug-likeness (QED) is 0.438. The van der Waals surface area contributed by atoms with Gasteiger partial charge < -0.3 is 19.1 Å². The Morgan fingerprint density at radius 1 is 1.20 bits per heavy atom. The summed E-state index contributed by atoms with van der Waals surface area (Å²) in [6.45, 7) is 4.75. The second-order valence-corrected chi connectivity index (χ2v) is 7.25. The third kappa shape index (κ3) is 5.90. The van der Waals surface area contributed by atoms with E-state index < -0.39 is 4.92 Å². The zero-order chi connectivity index (χ0) is 22.3. The first kappa shape index (κ1) is 23.1. The molecule has 0 aliphatic rings. The fourth-order valence-electron chi connectivity index (χ4n) is 2.98. The first-order valence-electron chi connectivity index (χ1n) is 9.67. The zero-order valence-electron chi connectivity index (χ0n) is 17.8. The maximum atomic E-state index is 13.1. The highest BCUT2D eigenvalue weighted by molar-refractivity contribution is 5.96. The molecule has 0 saturated carbocycles. The minimum atomic E-state index is -0.519. The lowest BCUT2D eigenvalue weighted by molar-refractivity contribution is -0.384. The fourth-order valence-corrected chi connectivity index (χ4v) is 2.98. The molecule has 0 atom stereocenters. The van der Waals surface area contributed by atoms with Crippen molar-refractivity contribution < 1.29 is 19.2 Å². The van der Waals surface area contributed by atoms with E-state index in [9.17, 15) is 19.7 Å². The Balaban J connectivity index is 2.17. The first-order chi connectivity index (χ1) is 14.2. The lowest BCUT2D eigenvalue weighted by Gasteiger charge is -2.30. The number of carbonyl (C=O) groups excluding carboxylic acids is 2. The first-order valence-corrected chi connectivity index (χ1v) is 9.67. The van der Waals surface area contributed by atoms with Crippen molar-refractivity contribution in [2.45, 2.75) is 26.4 Å². The van der Waals surface area contributed by atoms with Gasteiger partial charge in [-0.3, -0.25) is 19.7 Å². The summed E-state index contributed by atoms with van der Waals surface area (Å²) >= 11 is 0. The number of non-ortho nitro benzene ring substituents is 1. The Kier molecular flexibility index (Phi) is 8.11. The second kappa shape index (κ2) is 10.5. The van der Waals surface area contributed by atoms with E-state index in [1.807, 2.05) is 43.8 Å². The van der Waals surface area contributed by atoms with E-state index in [1.54, 1.807) is 12.0 Å². The molecule has 0 saturated heterocycles. The lowest BCUT2D eigenvalue weighted by Crippen LogP contribution is -2.46. The number of aryl methyl sites for hydroxylation is 1. The van der Waals surface area contributed by atoms with Crippen LogP contribution >= 0.6 is 0 Å². The van der Waals surface area contributed by atoms with Crippen LogP contribution < -0.4 is 0 Å². The summed E-state index contributed by atoms with van der Waals surface area (Å²) in [5.74, 6) is -0.545. The molecule has 2 amide bonds. The molecule has 1 aromatic carbocycles. The summed E-state index contributed by atoms with van der Waals surface area (Å²) in [5.41, 5.74) is 1.18. The number of amides is 2. The van der Waals surface area contributed by atoms with Crippen LogP contribution in [0.3, 0.4) is 0 Å². The Morgan fingerprint density at radius 2 is 1.87 bits per heavy atom. The Labute approximate surface area is 176 Å². The molecular weight excluding hydrogens is 388 g/mol. The van der Waals surface area contributed by atoms with Crippen LogP contribution in [0.5, 0.6) is 0 Å². The highest BCUT2D eigenvalue weighted by atomic mass is 16.6. The molecule has 0 fully saturated rings. The van der Waals surface area contributed by atoms with Gasteiger partial charge in [0.2, 0.25) is 5.91 Å². The second-order valence-electron chi connectivity index (χ2n) is 7.25. The number of hydrogen-bond donors (Lipinski definition) is 0. The van der Waals surface area contributed by atoms with Gasteiger partial charge in [-0.2, -0.15) is 0 Å². The minimum Gasteiger partial charge on any atom is -0.383 e. The normalized spacial score (nSPS) is 10.8. The van der Waals surface area contributed by atoms with Crippen LogP contribution in [-0.4, -0.2) is 64.0 Å². The molecule has 30 heavy (non-hydrogen) atoms. The summed E-state index contributed by atoms with van der Waals surface area (Å²) in [7, 11) is 3.48. The lowest BCUT2D eigenvalue weighted by atomic mass is 10.1. The van der Waals surface area contributed by atoms with E-state index in [1.165, 1.54) is 29.2 Å². The van der Waals surface area contributed by atoms with Gasteiger partial charge in [-0.25, -0.2) is 0 Å². The van der Waals surface area contributed by atoms with Crippen molar-refractivity contribution in [2.75, 3.05) is 26.8 Å². The number of hydrogen-bond acceptors (Lipinski definition) is 5. The van der Waals surface area contributed by atoms with Gasteiger partial charge in [0.1, 0.15) is 6.54 Å². The average molecular weight is 416 g/mol. The predicted molar refractivity (Wildman–Crippen MR) is 112 cm³/mol. The molecule has 9 nitrogen and oxygen atoms in total. The Hall–Kier alpha value is -3.20. The van der Waals surface area contributed by atoms with Crippen molar-refractivity contribution in [1.29, 1.82) is 0 Å². The van der Waals surface area contributed by atoms with Crippen LogP contribution in [0.25, 0.3) is 0 Å². The predicted octanol–water partition coefficient (Wildman–Crippen LogP) is 2.46. The zero-order valence-corrected chi connectivity index (χ0v) is 17.8. The van der Waals surface area contributed by atoms with Crippen molar-refractivity contribution in [3.05, 3.63) is 64.0 Å². The van der Waals surface area contributed by atoms with Crippen molar-refractivity contribution in [3.8, 4) is 0 Å². The van der Waals surface area contributed by atoms with Gasteiger partial charge in [-0.1, -0.05) is 0 Å². The smallest absolute Gasteiger partial charge is 0.269 e.